The molecule has 21 heavy (non-hydrogen) atoms. The minimum absolute atomic E-state index is 0.268. The molecule has 6 heteroatoms. The molecule has 2 rings (SSSR count). The monoisotopic (exact) mass is 308 g/mol. The maximum absolute atomic E-state index is 5.68. The molecular weight excluding hydrogens is 284 g/mol. The van der Waals surface area contributed by atoms with Crippen LogP contribution in [0.5, 0.6) is 0 Å². The Hall–Kier alpha value is -1.27. The molecule has 0 N–H and O–H groups in total. The van der Waals surface area contributed by atoms with Gasteiger partial charge in [-0.2, -0.15) is 0 Å². The summed E-state index contributed by atoms with van der Waals surface area (Å²) in [6.45, 7) is 11.2. The fourth-order valence-corrected chi connectivity index (χ4v) is 3.24. The van der Waals surface area contributed by atoms with Gasteiger partial charge in [0.2, 0.25) is 11.8 Å². The van der Waals surface area contributed by atoms with Gasteiger partial charge in [-0.1, -0.05) is 20.8 Å². The fourth-order valence-electron chi connectivity index (χ4n) is 2.12. The van der Waals surface area contributed by atoms with Crippen molar-refractivity contribution in [2.75, 3.05) is 7.05 Å². The van der Waals surface area contributed by atoms with E-state index in [2.05, 4.69) is 61.7 Å². The van der Waals surface area contributed by atoms with E-state index in [0.717, 1.165) is 12.1 Å². The van der Waals surface area contributed by atoms with Gasteiger partial charge in [-0.05, 0) is 27.3 Å². The van der Waals surface area contributed by atoms with Crippen LogP contribution < -0.4 is 0 Å². The normalized spacial score (nSPS) is 13.3. The zero-order valence-corrected chi connectivity index (χ0v) is 14.5. The van der Waals surface area contributed by atoms with Crippen molar-refractivity contribution in [3.8, 4) is 0 Å². The van der Waals surface area contributed by atoms with E-state index in [1.807, 2.05) is 0 Å². The van der Waals surface area contributed by atoms with Gasteiger partial charge >= 0.3 is 0 Å². The van der Waals surface area contributed by atoms with Crippen LogP contribution in [0.25, 0.3) is 0 Å². The van der Waals surface area contributed by atoms with E-state index in [9.17, 15) is 0 Å². The fraction of sp³-hybridized carbons (Fsp3) is 0.667. The van der Waals surface area contributed by atoms with Gasteiger partial charge in [-0.15, -0.1) is 21.5 Å². The Bertz CT molecular complexity index is 590. The predicted octanol–water partition coefficient (Wildman–Crippen LogP) is 3.71. The van der Waals surface area contributed by atoms with Gasteiger partial charge < -0.3 is 4.42 Å². The third-order valence-electron chi connectivity index (χ3n) is 3.58. The van der Waals surface area contributed by atoms with Crippen LogP contribution in [0.2, 0.25) is 0 Å². The third-order valence-corrected chi connectivity index (χ3v) is 5.05. The molecule has 0 fully saturated rings. The molecule has 2 heterocycles. The summed E-state index contributed by atoms with van der Waals surface area (Å²) >= 11 is 1.80. The molecule has 2 aromatic rings. The van der Waals surface area contributed by atoms with Gasteiger partial charge in [0.15, 0.2) is 0 Å². The van der Waals surface area contributed by atoms with Crippen LogP contribution in [-0.2, 0) is 13.0 Å². The molecule has 5 nitrogen and oxygen atoms in total. The summed E-state index contributed by atoms with van der Waals surface area (Å²) in [7, 11) is 2.08. The topological polar surface area (TPSA) is 55.1 Å². The second-order valence-corrected chi connectivity index (χ2v) is 6.81. The quantitative estimate of drug-likeness (QED) is 0.814. The zero-order valence-electron chi connectivity index (χ0n) is 13.7. The lowest BCUT2D eigenvalue weighted by molar-refractivity contribution is 0.227. The first-order valence-electron chi connectivity index (χ1n) is 7.41. The molecule has 0 aliphatic rings. The Labute approximate surface area is 130 Å². The lowest BCUT2D eigenvalue weighted by Gasteiger charge is -2.22. The molecule has 0 spiro atoms. The largest absolute Gasteiger partial charge is 0.424 e. The number of aryl methyl sites for hydroxylation is 2. The number of aromatic nitrogens is 3. The standard InChI is InChI=1S/C15H24N4OS/c1-7-13-16-10(4)14(21-13)11(5)19(6)8-12-17-18-15(20-12)9(2)3/h9,11H,7-8H2,1-6H3. The van der Waals surface area contributed by atoms with E-state index >= 15 is 0 Å². The van der Waals surface area contributed by atoms with E-state index in [0.29, 0.717) is 18.3 Å². The minimum atomic E-state index is 0.268. The first-order chi connectivity index (χ1) is 9.92. The molecule has 0 aromatic carbocycles. The number of thiazole rings is 1. The van der Waals surface area contributed by atoms with Crippen molar-refractivity contribution in [1.29, 1.82) is 0 Å². The molecule has 0 saturated heterocycles. The first-order valence-corrected chi connectivity index (χ1v) is 8.22. The van der Waals surface area contributed by atoms with Gasteiger partial charge in [0.25, 0.3) is 0 Å². The molecule has 0 aliphatic carbocycles. The molecule has 116 valence electrons. The molecular formula is C15H24N4OS. The van der Waals surface area contributed by atoms with E-state index in [4.69, 9.17) is 4.42 Å². The second kappa shape index (κ2) is 6.66. The highest BCUT2D eigenvalue weighted by Crippen LogP contribution is 2.29. The Kier molecular flexibility index (Phi) is 5.11. The number of rotatable bonds is 6. The van der Waals surface area contributed by atoms with Gasteiger partial charge in [0.05, 0.1) is 17.2 Å². The van der Waals surface area contributed by atoms with Gasteiger partial charge in [-0.3, -0.25) is 4.90 Å². The average Bonchev–Trinajstić information content (AvgIpc) is 3.04. The number of nitrogens with zero attached hydrogens (tertiary/aromatic N) is 4. The zero-order chi connectivity index (χ0) is 15.6. The van der Waals surface area contributed by atoms with Gasteiger partial charge in [-0.25, -0.2) is 4.98 Å². The summed E-state index contributed by atoms with van der Waals surface area (Å²) in [4.78, 5) is 8.14. The molecule has 0 bridgehead atoms. The summed E-state index contributed by atoms with van der Waals surface area (Å²) in [6, 6.07) is 0.289. The Morgan fingerprint density at radius 1 is 1.24 bits per heavy atom. The summed E-state index contributed by atoms with van der Waals surface area (Å²) in [6.07, 6.45) is 0.989. The summed E-state index contributed by atoms with van der Waals surface area (Å²) < 4.78 is 5.68. The SMILES string of the molecule is CCc1nc(C)c(C(C)N(C)Cc2nnc(C(C)C)o2)s1. The Balaban J connectivity index is 2.07. The molecule has 0 aliphatic heterocycles. The van der Waals surface area contributed by atoms with Crippen LogP contribution in [0.1, 0.15) is 67.0 Å². The lowest BCUT2D eigenvalue weighted by atomic mass is 10.2. The molecule has 0 saturated carbocycles. The van der Waals surface area contributed by atoms with Crippen LogP contribution in [0.15, 0.2) is 4.42 Å². The van der Waals surface area contributed by atoms with Crippen LogP contribution in [0, 0.1) is 6.92 Å². The summed E-state index contributed by atoms with van der Waals surface area (Å²) in [5, 5.41) is 9.41. The van der Waals surface area contributed by atoms with E-state index in [1.165, 1.54) is 9.88 Å². The van der Waals surface area contributed by atoms with Gasteiger partial charge in [0, 0.05) is 16.8 Å². The first kappa shape index (κ1) is 16.1. The minimum Gasteiger partial charge on any atom is -0.424 e. The second-order valence-electron chi connectivity index (χ2n) is 5.69. The lowest BCUT2D eigenvalue weighted by Crippen LogP contribution is -2.22. The van der Waals surface area contributed by atoms with Crippen LogP contribution in [-0.4, -0.2) is 27.1 Å². The molecule has 0 amide bonds. The highest BCUT2D eigenvalue weighted by Gasteiger charge is 2.20. The van der Waals surface area contributed by atoms with Crippen LogP contribution in [0.4, 0.5) is 0 Å². The molecule has 1 atom stereocenters. The highest BCUT2D eigenvalue weighted by molar-refractivity contribution is 7.11. The number of hydrogen-bond donors (Lipinski definition) is 0. The van der Waals surface area contributed by atoms with Crippen molar-refractivity contribution in [3.05, 3.63) is 27.4 Å². The van der Waals surface area contributed by atoms with Crippen molar-refractivity contribution in [2.45, 2.75) is 59.5 Å². The van der Waals surface area contributed by atoms with E-state index in [1.54, 1.807) is 11.3 Å². The Morgan fingerprint density at radius 2 is 1.95 bits per heavy atom. The average molecular weight is 308 g/mol. The molecule has 0 radical (unpaired) electrons. The molecule has 1 unspecified atom stereocenters. The third kappa shape index (κ3) is 3.68. The van der Waals surface area contributed by atoms with E-state index < -0.39 is 0 Å². The van der Waals surface area contributed by atoms with Crippen molar-refractivity contribution in [2.24, 2.45) is 0 Å². The summed E-state index contributed by atoms with van der Waals surface area (Å²) in [5.74, 6) is 1.64. The maximum Gasteiger partial charge on any atom is 0.230 e. The predicted molar refractivity (Wildman–Crippen MR) is 84.5 cm³/mol. The van der Waals surface area contributed by atoms with Crippen LogP contribution >= 0.6 is 11.3 Å². The van der Waals surface area contributed by atoms with Crippen molar-refractivity contribution >= 4 is 11.3 Å². The van der Waals surface area contributed by atoms with E-state index in [-0.39, 0.29) is 12.0 Å². The van der Waals surface area contributed by atoms with Gasteiger partial charge in [0.1, 0.15) is 0 Å². The molecule has 2 aromatic heterocycles. The summed E-state index contributed by atoms with van der Waals surface area (Å²) in [5.41, 5.74) is 1.13. The van der Waals surface area contributed by atoms with Crippen LogP contribution in [0.3, 0.4) is 0 Å². The maximum atomic E-state index is 5.68. The smallest absolute Gasteiger partial charge is 0.230 e. The van der Waals surface area contributed by atoms with Crippen molar-refractivity contribution < 1.29 is 4.42 Å². The Morgan fingerprint density at radius 3 is 2.48 bits per heavy atom. The number of hydrogen-bond acceptors (Lipinski definition) is 6. The van der Waals surface area contributed by atoms with Crippen molar-refractivity contribution in [1.82, 2.24) is 20.1 Å². The highest BCUT2D eigenvalue weighted by atomic mass is 32.1. The van der Waals surface area contributed by atoms with Crippen molar-refractivity contribution in [3.63, 3.8) is 0 Å².